The van der Waals surface area contributed by atoms with Gasteiger partial charge in [-0.3, -0.25) is 0 Å². The fourth-order valence-corrected chi connectivity index (χ4v) is 4.13. The Kier molecular flexibility index (Phi) is 7.20. The second-order valence-corrected chi connectivity index (χ2v) is 6.95. The van der Waals surface area contributed by atoms with E-state index in [2.05, 4.69) is 26.0 Å². The lowest BCUT2D eigenvalue weighted by molar-refractivity contribution is 0.0765. The van der Waals surface area contributed by atoms with E-state index in [1.165, 1.54) is 5.56 Å². The molecule has 1 rings (SSSR count). The average Bonchev–Trinajstić information content (AvgIpc) is 2.43. The van der Waals surface area contributed by atoms with Gasteiger partial charge in [0.05, 0.1) is 0 Å². The second-order valence-electron chi connectivity index (χ2n) is 4.25. The second kappa shape index (κ2) is 8.42. The third kappa shape index (κ3) is 4.90. The Morgan fingerprint density at radius 3 is 1.94 bits per heavy atom. The summed E-state index contributed by atoms with van der Waals surface area (Å²) in [5, 5.41) is 0. The van der Waals surface area contributed by atoms with E-state index in [-0.39, 0.29) is 0 Å². The third-order valence-electron chi connectivity index (χ3n) is 2.63. The van der Waals surface area contributed by atoms with Crippen LogP contribution in [0.25, 0.3) is 0 Å². The van der Waals surface area contributed by atoms with Crippen molar-refractivity contribution in [1.82, 2.24) is 0 Å². The molecule has 0 aliphatic heterocycles. The molecule has 102 valence electrons. The molecule has 0 atom stereocenters. The summed E-state index contributed by atoms with van der Waals surface area (Å²) >= 11 is 0. The van der Waals surface area contributed by atoms with Gasteiger partial charge in [0.1, 0.15) is 0 Å². The molecule has 0 aliphatic carbocycles. The summed E-state index contributed by atoms with van der Waals surface area (Å²) in [5.74, 6) is 0. The van der Waals surface area contributed by atoms with Gasteiger partial charge in [-0.2, -0.15) is 0 Å². The molecule has 0 N–H and O–H groups in total. The van der Waals surface area contributed by atoms with Crippen LogP contribution in [0.15, 0.2) is 30.3 Å². The van der Waals surface area contributed by atoms with Gasteiger partial charge < -0.3 is 13.3 Å². The monoisotopic (exact) mass is 268 g/mol. The molecule has 0 aromatic heterocycles. The predicted molar refractivity (Wildman–Crippen MR) is 75.4 cm³/mol. The number of hydrogen-bond donors (Lipinski definition) is 0. The minimum Gasteiger partial charge on any atom is -0.377 e. The highest BCUT2D eigenvalue weighted by Crippen LogP contribution is 2.17. The lowest BCUT2D eigenvalue weighted by Crippen LogP contribution is -2.48. The lowest BCUT2D eigenvalue weighted by Gasteiger charge is -2.28. The fraction of sp³-hybridized carbons (Fsp3) is 0.571. The van der Waals surface area contributed by atoms with Gasteiger partial charge in [-0.15, -0.1) is 0 Å². The Morgan fingerprint density at radius 1 is 0.944 bits per heavy atom. The fourth-order valence-electron chi connectivity index (χ4n) is 1.69. The maximum atomic E-state index is 5.93. The van der Waals surface area contributed by atoms with Crippen molar-refractivity contribution in [1.29, 1.82) is 0 Å². The Hall–Kier alpha value is -0.683. The van der Waals surface area contributed by atoms with Crippen LogP contribution in [0.3, 0.4) is 0 Å². The van der Waals surface area contributed by atoms with E-state index in [0.717, 1.165) is 18.9 Å². The van der Waals surface area contributed by atoms with Gasteiger partial charge in [0.15, 0.2) is 0 Å². The van der Waals surface area contributed by atoms with Crippen molar-refractivity contribution in [2.75, 3.05) is 20.3 Å². The summed E-state index contributed by atoms with van der Waals surface area (Å²) < 4.78 is 17.5. The largest absolute Gasteiger partial charge is 0.505 e. The van der Waals surface area contributed by atoms with Crippen molar-refractivity contribution >= 4 is 8.80 Å². The summed E-state index contributed by atoms with van der Waals surface area (Å²) in [4.78, 5) is 0. The number of hydrogen-bond acceptors (Lipinski definition) is 3. The summed E-state index contributed by atoms with van der Waals surface area (Å²) in [6, 6.07) is 11.0. The van der Waals surface area contributed by atoms with Gasteiger partial charge in [-0.25, -0.2) is 0 Å². The first-order valence-electron chi connectivity index (χ1n) is 6.63. The van der Waals surface area contributed by atoms with Crippen LogP contribution >= 0.6 is 0 Å². The van der Waals surface area contributed by atoms with Gasteiger partial charge in [-0.1, -0.05) is 44.2 Å². The van der Waals surface area contributed by atoms with Crippen molar-refractivity contribution < 1.29 is 13.3 Å². The molecule has 4 heteroatoms. The normalized spacial score (nSPS) is 11.7. The first-order valence-corrected chi connectivity index (χ1v) is 8.56. The molecular weight excluding hydrogens is 244 g/mol. The minimum atomic E-state index is -2.55. The van der Waals surface area contributed by atoms with Gasteiger partial charge >= 0.3 is 8.80 Å². The highest BCUT2D eigenvalue weighted by atomic mass is 28.4. The standard InChI is InChI=1S/C14H24O3Si/c1-4-11-16-18(15-3,17-12-5-2)13-14-9-7-6-8-10-14/h6-10H,4-5,11-13H2,1-3H3. The van der Waals surface area contributed by atoms with E-state index in [1.54, 1.807) is 7.11 Å². The molecule has 18 heavy (non-hydrogen) atoms. The van der Waals surface area contributed by atoms with E-state index in [0.29, 0.717) is 13.2 Å². The summed E-state index contributed by atoms with van der Waals surface area (Å²) in [5.41, 5.74) is 1.21. The van der Waals surface area contributed by atoms with Gasteiger partial charge in [0.2, 0.25) is 0 Å². The Morgan fingerprint density at radius 2 is 1.50 bits per heavy atom. The van der Waals surface area contributed by atoms with E-state index < -0.39 is 8.80 Å². The maximum absolute atomic E-state index is 5.93. The van der Waals surface area contributed by atoms with Crippen LogP contribution in [-0.4, -0.2) is 29.1 Å². The van der Waals surface area contributed by atoms with Crippen molar-refractivity contribution in [3.8, 4) is 0 Å². The Bertz CT molecular complexity index is 308. The predicted octanol–water partition coefficient (Wildman–Crippen LogP) is 3.21. The minimum absolute atomic E-state index is 0.691. The lowest BCUT2D eigenvalue weighted by atomic mass is 10.2. The van der Waals surface area contributed by atoms with Crippen molar-refractivity contribution in [2.24, 2.45) is 0 Å². The highest BCUT2D eigenvalue weighted by Gasteiger charge is 2.40. The van der Waals surface area contributed by atoms with Gasteiger partial charge in [0, 0.05) is 26.4 Å². The summed E-state index contributed by atoms with van der Waals surface area (Å²) in [7, 11) is -0.857. The molecule has 0 amide bonds. The number of rotatable bonds is 9. The Balaban J connectivity index is 2.73. The zero-order valence-corrected chi connectivity index (χ0v) is 12.6. The van der Waals surface area contributed by atoms with Crippen LogP contribution < -0.4 is 0 Å². The van der Waals surface area contributed by atoms with Crippen LogP contribution in [0.4, 0.5) is 0 Å². The molecule has 1 aromatic carbocycles. The molecule has 0 fully saturated rings. The molecule has 0 heterocycles. The average molecular weight is 268 g/mol. The van der Waals surface area contributed by atoms with Crippen molar-refractivity contribution in [3.05, 3.63) is 35.9 Å². The summed E-state index contributed by atoms with van der Waals surface area (Å²) in [6.45, 7) is 5.57. The molecule has 0 radical (unpaired) electrons. The third-order valence-corrected chi connectivity index (χ3v) is 5.38. The van der Waals surface area contributed by atoms with Gasteiger partial charge in [0.25, 0.3) is 0 Å². The van der Waals surface area contributed by atoms with E-state index >= 15 is 0 Å². The highest BCUT2D eigenvalue weighted by molar-refractivity contribution is 6.60. The van der Waals surface area contributed by atoms with Crippen LogP contribution in [-0.2, 0) is 19.3 Å². The van der Waals surface area contributed by atoms with Crippen LogP contribution in [0, 0.1) is 0 Å². The van der Waals surface area contributed by atoms with Crippen LogP contribution in [0.5, 0.6) is 0 Å². The van der Waals surface area contributed by atoms with E-state index in [4.69, 9.17) is 13.3 Å². The first kappa shape index (κ1) is 15.4. The molecule has 0 saturated carbocycles. The molecule has 0 aliphatic rings. The first-order chi connectivity index (χ1) is 8.76. The zero-order chi connectivity index (χ0) is 13.3. The smallest absolute Gasteiger partial charge is 0.377 e. The molecule has 0 bridgehead atoms. The Labute approximate surface area is 111 Å². The summed E-state index contributed by atoms with van der Waals surface area (Å²) in [6.07, 6.45) is 1.95. The molecule has 0 unspecified atom stereocenters. The molecule has 0 spiro atoms. The van der Waals surface area contributed by atoms with Gasteiger partial charge in [-0.05, 0) is 18.4 Å². The zero-order valence-electron chi connectivity index (χ0n) is 11.6. The number of benzene rings is 1. The SMILES string of the molecule is CCCO[Si](Cc1ccccc1)(OC)OCCC. The van der Waals surface area contributed by atoms with Crippen LogP contribution in [0.1, 0.15) is 32.3 Å². The molecular formula is C14H24O3Si. The maximum Gasteiger partial charge on any atom is 0.505 e. The van der Waals surface area contributed by atoms with E-state index in [1.807, 2.05) is 18.2 Å². The molecule has 3 nitrogen and oxygen atoms in total. The topological polar surface area (TPSA) is 27.7 Å². The van der Waals surface area contributed by atoms with Crippen molar-refractivity contribution in [3.63, 3.8) is 0 Å². The quantitative estimate of drug-likeness (QED) is 0.644. The van der Waals surface area contributed by atoms with Crippen LogP contribution in [0.2, 0.25) is 0 Å². The van der Waals surface area contributed by atoms with E-state index in [9.17, 15) is 0 Å². The van der Waals surface area contributed by atoms with Crippen molar-refractivity contribution in [2.45, 2.75) is 32.7 Å². The molecule has 0 saturated heterocycles. The molecule has 1 aromatic rings.